The van der Waals surface area contributed by atoms with Crippen molar-refractivity contribution in [2.75, 3.05) is 23.8 Å². The summed E-state index contributed by atoms with van der Waals surface area (Å²) in [6.07, 6.45) is 1.03. The van der Waals surface area contributed by atoms with E-state index in [1.807, 2.05) is 18.2 Å². The third kappa shape index (κ3) is 6.74. The average molecular weight is 547 g/mol. The number of halogens is 1. The van der Waals surface area contributed by atoms with Crippen molar-refractivity contribution in [2.24, 2.45) is 0 Å². The maximum absolute atomic E-state index is 12.6. The summed E-state index contributed by atoms with van der Waals surface area (Å²) in [5.74, 6) is 1.28. The fourth-order valence-corrected chi connectivity index (χ4v) is 4.68. The number of hydrogen-bond donors (Lipinski definition) is 2. The van der Waals surface area contributed by atoms with Gasteiger partial charge in [0.05, 0.1) is 16.5 Å². The third-order valence-corrected chi connectivity index (χ3v) is 7.30. The highest BCUT2D eigenvalue weighted by atomic mass is 79.9. The highest BCUT2D eigenvalue weighted by Gasteiger charge is 2.15. The number of benzene rings is 3. The maximum atomic E-state index is 12.6. The molecule has 0 aliphatic carbocycles. The van der Waals surface area contributed by atoms with E-state index < -0.39 is 10.0 Å². The summed E-state index contributed by atoms with van der Waals surface area (Å²) >= 11 is 3.49. The van der Waals surface area contributed by atoms with Crippen LogP contribution < -0.4 is 19.5 Å². The molecular formula is C25H27BrN2O5S. The number of amides is 1. The summed E-state index contributed by atoms with van der Waals surface area (Å²) in [5.41, 5.74) is 2.07. The molecule has 0 heterocycles. The first-order valence-corrected chi connectivity index (χ1v) is 13.0. The van der Waals surface area contributed by atoms with Gasteiger partial charge in [-0.2, -0.15) is 0 Å². The van der Waals surface area contributed by atoms with Gasteiger partial charge in [-0.1, -0.05) is 19.9 Å². The number of carbonyl (C=O) groups excluding carboxylic acids is 1. The van der Waals surface area contributed by atoms with Gasteiger partial charge in [0.1, 0.15) is 11.5 Å². The Bertz CT molecular complexity index is 1230. The minimum atomic E-state index is -3.77. The van der Waals surface area contributed by atoms with Crippen LogP contribution >= 0.6 is 15.9 Å². The molecule has 34 heavy (non-hydrogen) atoms. The van der Waals surface area contributed by atoms with Crippen molar-refractivity contribution in [3.63, 3.8) is 0 Å². The van der Waals surface area contributed by atoms with Gasteiger partial charge < -0.3 is 14.8 Å². The van der Waals surface area contributed by atoms with Crippen LogP contribution in [0.5, 0.6) is 11.5 Å². The van der Waals surface area contributed by atoms with Crippen molar-refractivity contribution in [3.8, 4) is 11.5 Å². The van der Waals surface area contributed by atoms with Crippen molar-refractivity contribution in [1.29, 1.82) is 0 Å². The number of ether oxygens (including phenoxy) is 2. The number of carbonyl (C=O) groups is 1. The van der Waals surface area contributed by atoms with E-state index in [2.05, 4.69) is 39.8 Å². The zero-order valence-electron chi connectivity index (χ0n) is 19.2. The molecule has 0 aliphatic rings. The zero-order valence-corrected chi connectivity index (χ0v) is 21.6. The Morgan fingerprint density at radius 3 is 2.24 bits per heavy atom. The van der Waals surface area contributed by atoms with E-state index in [4.69, 9.17) is 9.47 Å². The summed E-state index contributed by atoms with van der Waals surface area (Å²) in [4.78, 5) is 12.4. The van der Waals surface area contributed by atoms with Crippen molar-refractivity contribution < 1.29 is 22.7 Å². The van der Waals surface area contributed by atoms with Gasteiger partial charge in [-0.15, -0.1) is 0 Å². The molecule has 3 aromatic carbocycles. The van der Waals surface area contributed by atoms with E-state index in [-0.39, 0.29) is 17.4 Å². The third-order valence-electron chi connectivity index (χ3n) is 5.29. The predicted molar refractivity (Wildman–Crippen MR) is 137 cm³/mol. The molecule has 0 aliphatic heterocycles. The Balaban J connectivity index is 1.57. The molecule has 1 unspecified atom stereocenters. The standard InChI is InChI=1S/C25H27BrN2O5S/c1-4-17(2)18-5-14-24(23(26)15-18)33-16-25(29)27-19-8-12-22(13-9-19)34(30,31)28-20-6-10-21(32-3)11-7-20/h5-15,17,28H,4,16H2,1-3H3,(H,27,29). The topological polar surface area (TPSA) is 93.7 Å². The summed E-state index contributed by atoms with van der Waals surface area (Å²) in [5, 5.41) is 2.70. The highest BCUT2D eigenvalue weighted by molar-refractivity contribution is 9.10. The highest BCUT2D eigenvalue weighted by Crippen LogP contribution is 2.30. The molecule has 0 radical (unpaired) electrons. The molecule has 1 amide bonds. The normalized spacial score (nSPS) is 12.0. The van der Waals surface area contributed by atoms with E-state index in [0.717, 1.165) is 10.9 Å². The van der Waals surface area contributed by atoms with Gasteiger partial charge in [0, 0.05) is 11.4 Å². The van der Waals surface area contributed by atoms with Gasteiger partial charge in [-0.05, 0) is 94.5 Å². The lowest BCUT2D eigenvalue weighted by atomic mass is 9.99. The second kappa shape index (κ2) is 11.4. The number of nitrogens with one attached hydrogen (secondary N) is 2. The molecule has 0 bridgehead atoms. The van der Waals surface area contributed by atoms with Gasteiger partial charge in [-0.3, -0.25) is 9.52 Å². The lowest BCUT2D eigenvalue weighted by Crippen LogP contribution is -2.20. The van der Waals surface area contributed by atoms with E-state index in [0.29, 0.717) is 28.8 Å². The van der Waals surface area contributed by atoms with Crippen LogP contribution in [-0.2, 0) is 14.8 Å². The Kier molecular flexibility index (Phi) is 8.57. The Labute approximate surface area is 208 Å². The number of sulfonamides is 1. The first-order valence-electron chi connectivity index (χ1n) is 10.7. The van der Waals surface area contributed by atoms with E-state index in [1.165, 1.54) is 36.9 Å². The smallest absolute Gasteiger partial charge is 0.262 e. The fraction of sp³-hybridized carbons (Fsp3) is 0.240. The number of hydrogen-bond acceptors (Lipinski definition) is 5. The van der Waals surface area contributed by atoms with Gasteiger partial charge >= 0.3 is 0 Å². The van der Waals surface area contributed by atoms with Crippen LogP contribution in [0.2, 0.25) is 0 Å². The predicted octanol–water partition coefficient (Wildman–Crippen LogP) is 5.79. The van der Waals surface area contributed by atoms with Crippen LogP contribution in [0.25, 0.3) is 0 Å². The number of methoxy groups -OCH3 is 1. The van der Waals surface area contributed by atoms with Gasteiger partial charge in [0.2, 0.25) is 0 Å². The van der Waals surface area contributed by atoms with Crippen LogP contribution in [0.1, 0.15) is 31.7 Å². The van der Waals surface area contributed by atoms with Crippen molar-refractivity contribution in [2.45, 2.75) is 31.1 Å². The first-order chi connectivity index (χ1) is 16.2. The summed E-state index contributed by atoms with van der Waals surface area (Å²) < 4.78 is 39.2. The number of rotatable bonds is 10. The van der Waals surface area contributed by atoms with Crippen molar-refractivity contribution >= 4 is 43.2 Å². The molecule has 0 aromatic heterocycles. The second-order valence-corrected chi connectivity index (χ2v) is 10.2. The molecule has 0 fully saturated rings. The van der Waals surface area contributed by atoms with Gasteiger partial charge in [-0.25, -0.2) is 8.42 Å². The molecular weight excluding hydrogens is 520 g/mol. The molecule has 180 valence electrons. The maximum Gasteiger partial charge on any atom is 0.262 e. The molecule has 0 spiro atoms. The number of anilines is 2. The van der Waals surface area contributed by atoms with E-state index in [1.54, 1.807) is 24.3 Å². The van der Waals surface area contributed by atoms with Crippen molar-refractivity contribution in [1.82, 2.24) is 0 Å². The van der Waals surface area contributed by atoms with Gasteiger partial charge in [0.25, 0.3) is 15.9 Å². The SMILES string of the molecule is CCC(C)c1ccc(OCC(=O)Nc2ccc(S(=O)(=O)Nc3ccc(OC)cc3)cc2)c(Br)c1. The van der Waals surface area contributed by atoms with Gasteiger partial charge in [0.15, 0.2) is 6.61 Å². The molecule has 0 saturated carbocycles. The molecule has 0 saturated heterocycles. The lowest BCUT2D eigenvalue weighted by Gasteiger charge is -2.13. The van der Waals surface area contributed by atoms with Crippen LogP contribution in [0.15, 0.2) is 76.1 Å². The monoisotopic (exact) mass is 546 g/mol. The Morgan fingerprint density at radius 1 is 1.00 bits per heavy atom. The first kappa shape index (κ1) is 25.6. The lowest BCUT2D eigenvalue weighted by molar-refractivity contribution is -0.118. The summed E-state index contributed by atoms with van der Waals surface area (Å²) in [7, 11) is -2.24. The quantitative estimate of drug-likeness (QED) is 0.335. The van der Waals surface area contributed by atoms with E-state index in [9.17, 15) is 13.2 Å². The van der Waals surface area contributed by atoms with Crippen LogP contribution in [-0.4, -0.2) is 28.0 Å². The largest absolute Gasteiger partial charge is 0.497 e. The molecule has 3 aromatic rings. The summed E-state index contributed by atoms with van der Waals surface area (Å²) in [6.45, 7) is 4.11. The fourth-order valence-electron chi connectivity index (χ4n) is 3.11. The van der Waals surface area contributed by atoms with Crippen LogP contribution in [0.3, 0.4) is 0 Å². The molecule has 1 atom stereocenters. The minimum Gasteiger partial charge on any atom is -0.497 e. The Hall–Kier alpha value is -3.04. The van der Waals surface area contributed by atoms with Crippen molar-refractivity contribution in [3.05, 3.63) is 76.8 Å². The molecule has 2 N–H and O–H groups in total. The summed E-state index contributed by atoms with van der Waals surface area (Å²) in [6, 6.07) is 18.3. The van der Waals surface area contributed by atoms with Crippen LogP contribution in [0, 0.1) is 0 Å². The van der Waals surface area contributed by atoms with Crippen LogP contribution in [0.4, 0.5) is 11.4 Å². The minimum absolute atomic E-state index is 0.0721. The molecule has 3 rings (SSSR count). The zero-order chi connectivity index (χ0) is 24.7. The Morgan fingerprint density at radius 2 is 1.65 bits per heavy atom. The molecule has 9 heteroatoms. The molecule has 7 nitrogen and oxygen atoms in total. The second-order valence-electron chi connectivity index (χ2n) is 7.69. The van der Waals surface area contributed by atoms with E-state index >= 15 is 0 Å². The average Bonchev–Trinajstić information content (AvgIpc) is 2.83.